The SMILES string of the molecule is O=C1NCC(c2c(F)ccc(F)c2F)O1. The van der Waals surface area contributed by atoms with Gasteiger partial charge in [0.2, 0.25) is 0 Å². The van der Waals surface area contributed by atoms with Crippen molar-refractivity contribution in [2.24, 2.45) is 0 Å². The van der Waals surface area contributed by atoms with E-state index >= 15 is 0 Å². The van der Waals surface area contributed by atoms with Crippen molar-refractivity contribution in [1.82, 2.24) is 5.32 Å². The van der Waals surface area contributed by atoms with Crippen LogP contribution in [-0.2, 0) is 4.74 Å². The van der Waals surface area contributed by atoms with Crippen molar-refractivity contribution < 1.29 is 22.7 Å². The van der Waals surface area contributed by atoms with Gasteiger partial charge in [-0.3, -0.25) is 0 Å². The van der Waals surface area contributed by atoms with Crippen molar-refractivity contribution in [3.8, 4) is 0 Å². The van der Waals surface area contributed by atoms with Gasteiger partial charge in [0.1, 0.15) is 5.82 Å². The number of hydrogen-bond donors (Lipinski definition) is 1. The van der Waals surface area contributed by atoms with E-state index in [1.54, 1.807) is 0 Å². The Bertz CT molecular complexity index is 422. The zero-order chi connectivity index (χ0) is 11.0. The Kier molecular flexibility index (Phi) is 2.26. The molecule has 0 aliphatic carbocycles. The number of alkyl carbamates (subject to hydrolysis) is 1. The van der Waals surface area contributed by atoms with Crippen LogP contribution in [0.3, 0.4) is 0 Å². The Hall–Kier alpha value is -1.72. The predicted octanol–water partition coefficient (Wildman–Crippen LogP) is 1.88. The smallest absolute Gasteiger partial charge is 0.407 e. The first-order valence-corrected chi connectivity index (χ1v) is 4.17. The molecule has 1 aliphatic rings. The molecule has 6 heteroatoms. The number of carbonyl (C=O) groups excluding carboxylic acids is 1. The summed E-state index contributed by atoms with van der Waals surface area (Å²) in [6.07, 6.45) is -1.89. The van der Waals surface area contributed by atoms with Gasteiger partial charge < -0.3 is 10.1 Å². The molecule has 0 aromatic heterocycles. The van der Waals surface area contributed by atoms with Crippen molar-refractivity contribution in [3.05, 3.63) is 35.1 Å². The van der Waals surface area contributed by atoms with Crippen LogP contribution in [-0.4, -0.2) is 12.6 Å². The average molecular weight is 217 g/mol. The van der Waals surface area contributed by atoms with Gasteiger partial charge in [0.05, 0.1) is 12.1 Å². The van der Waals surface area contributed by atoms with Gasteiger partial charge in [0.15, 0.2) is 17.7 Å². The quantitative estimate of drug-likeness (QED) is 0.729. The third kappa shape index (κ3) is 1.62. The molecule has 80 valence electrons. The third-order valence-electron chi connectivity index (χ3n) is 2.08. The monoisotopic (exact) mass is 217 g/mol. The van der Waals surface area contributed by atoms with Crippen molar-refractivity contribution >= 4 is 6.09 Å². The Morgan fingerprint density at radius 2 is 1.93 bits per heavy atom. The maximum absolute atomic E-state index is 13.2. The molecule has 15 heavy (non-hydrogen) atoms. The number of benzene rings is 1. The van der Waals surface area contributed by atoms with Gasteiger partial charge >= 0.3 is 6.09 Å². The lowest BCUT2D eigenvalue weighted by atomic mass is 10.1. The van der Waals surface area contributed by atoms with Crippen LogP contribution < -0.4 is 5.32 Å². The van der Waals surface area contributed by atoms with Crippen molar-refractivity contribution in [1.29, 1.82) is 0 Å². The fourth-order valence-electron chi connectivity index (χ4n) is 1.39. The number of halogens is 3. The number of hydrogen-bond acceptors (Lipinski definition) is 2. The average Bonchev–Trinajstić information content (AvgIpc) is 2.59. The largest absolute Gasteiger partial charge is 0.439 e. The molecule has 1 atom stereocenters. The van der Waals surface area contributed by atoms with Gasteiger partial charge in [-0.15, -0.1) is 0 Å². The summed E-state index contributed by atoms with van der Waals surface area (Å²) < 4.78 is 43.8. The molecule has 1 N–H and O–H groups in total. The molecule has 1 unspecified atom stereocenters. The zero-order valence-electron chi connectivity index (χ0n) is 7.39. The van der Waals surface area contributed by atoms with E-state index in [-0.39, 0.29) is 6.54 Å². The number of carbonyl (C=O) groups is 1. The second-order valence-electron chi connectivity index (χ2n) is 3.03. The predicted molar refractivity (Wildman–Crippen MR) is 43.5 cm³/mol. The van der Waals surface area contributed by atoms with Crippen LogP contribution >= 0.6 is 0 Å². The van der Waals surface area contributed by atoms with Crippen LogP contribution in [0.5, 0.6) is 0 Å². The number of rotatable bonds is 1. The van der Waals surface area contributed by atoms with Gasteiger partial charge in [-0.05, 0) is 12.1 Å². The molecule has 1 heterocycles. The molecular formula is C9H6F3NO2. The summed E-state index contributed by atoms with van der Waals surface area (Å²) in [5.74, 6) is -3.43. The first-order valence-electron chi connectivity index (χ1n) is 4.17. The first-order chi connectivity index (χ1) is 7.09. The summed E-state index contributed by atoms with van der Waals surface area (Å²) in [5.41, 5.74) is -0.562. The van der Waals surface area contributed by atoms with E-state index in [0.717, 1.165) is 6.07 Å². The molecule has 3 nitrogen and oxygen atoms in total. The summed E-state index contributed by atoms with van der Waals surface area (Å²) in [4.78, 5) is 10.7. The highest BCUT2D eigenvalue weighted by Crippen LogP contribution is 2.27. The van der Waals surface area contributed by atoms with Crippen LogP contribution in [0.2, 0.25) is 0 Å². The van der Waals surface area contributed by atoms with E-state index in [0.29, 0.717) is 6.07 Å². The van der Waals surface area contributed by atoms with Crippen LogP contribution in [0.1, 0.15) is 11.7 Å². The maximum atomic E-state index is 13.2. The number of cyclic esters (lactones) is 1. The highest BCUT2D eigenvalue weighted by atomic mass is 19.2. The van der Waals surface area contributed by atoms with Crippen molar-refractivity contribution in [3.63, 3.8) is 0 Å². The van der Waals surface area contributed by atoms with E-state index < -0.39 is 35.2 Å². The van der Waals surface area contributed by atoms with E-state index in [4.69, 9.17) is 0 Å². The molecule has 1 aliphatic heterocycles. The van der Waals surface area contributed by atoms with Gasteiger partial charge in [0, 0.05) is 0 Å². The molecule has 0 radical (unpaired) electrons. The Balaban J connectivity index is 2.43. The lowest BCUT2D eigenvalue weighted by Crippen LogP contribution is -2.13. The van der Waals surface area contributed by atoms with Gasteiger partial charge in [0.25, 0.3) is 0 Å². The molecule has 1 fully saturated rings. The normalized spacial score (nSPS) is 19.9. The molecule has 1 aromatic carbocycles. The van der Waals surface area contributed by atoms with Crippen LogP contribution in [0.25, 0.3) is 0 Å². The lowest BCUT2D eigenvalue weighted by Gasteiger charge is -2.10. The van der Waals surface area contributed by atoms with E-state index in [2.05, 4.69) is 10.1 Å². The summed E-state index contributed by atoms with van der Waals surface area (Å²) in [7, 11) is 0. The summed E-state index contributed by atoms with van der Waals surface area (Å²) in [5, 5.41) is 2.23. The maximum Gasteiger partial charge on any atom is 0.407 e. The highest BCUT2D eigenvalue weighted by molar-refractivity contribution is 5.69. The Morgan fingerprint density at radius 3 is 2.53 bits per heavy atom. The summed E-state index contributed by atoms with van der Waals surface area (Å²) >= 11 is 0. The Morgan fingerprint density at radius 1 is 1.27 bits per heavy atom. The minimum absolute atomic E-state index is 0.0733. The second kappa shape index (κ2) is 3.45. The van der Waals surface area contributed by atoms with Crippen LogP contribution in [0.4, 0.5) is 18.0 Å². The molecule has 0 spiro atoms. The molecular weight excluding hydrogens is 211 g/mol. The first kappa shape index (κ1) is 9.82. The highest BCUT2D eigenvalue weighted by Gasteiger charge is 2.30. The van der Waals surface area contributed by atoms with Crippen molar-refractivity contribution in [2.75, 3.05) is 6.54 Å². The van der Waals surface area contributed by atoms with Gasteiger partial charge in [-0.1, -0.05) is 0 Å². The van der Waals surface area contributed by atoms with Crippen LogP contribution in [0, 0.1) is 17.5 Å². The fourth-order valence-corrected chi connectivity index (χ4v) is 1.39. The molecule has 1 amide bonds. The van der Waals surface area contributed by atoms with Crippen molar-refractivity contribution in [2.45, 2.75) is 6.10 Å². The Labute approximate surface area is 82.8 Å². The molecule has 1 saturated heterocycles. The summed E-state index contributed by atoms with van der Waals surface area (Å²) in [6, 6.07) is 1.47. The molecule has 2 rings (SSSR count). The number of amides is 1. The second-order valence-corrected chi connectivity index (χ2v) is 3.03. The number of nitrogens with one attached hydrogen (secondary N) is 1. The minimum atomic E-state index is -1.32. The molecule has 1 aromatic rings. The van der Waals surface area contributed by atoms with E-state index in [1.165, 1.54) is 0 Å². The standard InChI is InChI=1S/C9H6F3NO2/c10-4-1-2-5(11)8(12)7(4)6-3-13-9(14)15-6/h1-2,6H,3H2,(H,13,14). The van der Waals surface area contributed by atoms with E-state index in [9.17, 15) is 18.0 Å². The zero-order valence-corrected chi connectivity index (χ0v) is 7.39. The van der Waals surface area contributed by atoms with Gasteiger partial charge in [-0.25, -0.2) is 18.0 Å². The molecule has 0 saturated carbocycles. The third-order valence-corrected chi connectivity index (χ3v) is 2.08. The van der Waals surface area contributed by atoms with E-state index in [1.807, 2.05) is 0 Å². The summed E-state index contributed by atoms with van der Waals surface area (Å²) in [6.45, 7) is -0.0733. The number of ether oxygens (including phenoxy) is 1. The van der Waals surface area contributed by atoms with Crippen LogP contribution in [0.15, 0.2) is 12.1 Å². The topological polar surface area (TPSA) is 38.3 Å². The van der Waals surface area contributed by atoms with Gasteiger partial charge in [-0.2, -0.15) is 0 Å². The molecule has 0 bridgehead atoms. The minimum Gasteiger partial charge on any atom is -0.439 e. The lowest BCUT2D eigenvalue weighted by molar-refractivity contribution is 0.136. The fraction of sp³-hybridized carbons (Fsp3) is 0.222.